The summed E-state index contributed by atoms with van der Waals surface area (Å²) in [6, 6.07) is 1.03. The van der Waals surface area contributed by atoms with E-state index in [1.54, 1.807) is 4.90 Å². The Labute approximate surface area is 142 Å². The minimum atomic E-state index is -4.81. The van der Waals surface area contributed by atoms with Crippen molar-refractivity contribution in [3.8, 4) is 0 Å². The number of piperidine rings is 1. The summed E-state index contributed by atoms with van der Waals surface area (Å²) in [5.74, 6) is 0. The number of nitro benzene ring substituents is 1. The Morgan fingerprint density at radius 1 is 1.32 bits per heavy atom. The first-order valence-electron chi connectivity index (χ1n) is 7.30. The second-order valence-electron chi connectivity index (χ2n) is 5.65. The van der Waals surface area contributed by atoms with E-state index in [1.165, 1.54) is 0 Å². The Morgan fingerprint density at radius 3 is 2.52 bits per heavy atom. The SMILES string of the molecule is O=c1nc(N2CCC(O)CC2)sc2c([N+](=O)[O-])cc(C(F)(F)F)cc12. The number of halogens is 3. The van der Waals surface area contributed by atoms with Gasteiger partial charge in [-0.2, -0.15) is 18.2 Å². The highest BCUT2D eigenvalue weighted by atomic mass is 32.1. The molecule has 0 unspecified atom stereocenters. The number of hydrogen-bond acceptors (Lipinski definition) is 7. The number of fused-ring (bicyclic) bond motifs is 1. The third-order valence-electron chi connectivity index (χ3n) is 3.95. The van der Waals surface area contributed by atoms with Crippen LogP contribution in [0, 0.1) is 10.1 Å². The zero-order valence-corrected chi connectivity index (χ0v) is 13.4. The molecule has 0 spiro atoms. The smallest absolute Gasteiger partial charge is 0.393 e. The van der Waals surface area contributed by atoms with Gasteiger partial charge in [-0.3, -0.25) is 14.9 Å². The van der Waals surface area contributed by atoms with Crippen molar-refractivity contribution in [2.45, 2.75) is 25.1 Å². The van der Waals surface area contributed by atoms with Gasteiger partial charge < -0.3 is 10.0 Å². The molecule has 1 saturated heterocycles. The van der Waals surface area contributed by atoms with Crippen molar-refractivity contribution in [1.29, 1.82) is 0 Å². The van der Waals surface area contributed by atoms with Gasteiger partial charge in [-0.25, -0.2) is 0 Å². The van der Waals surface area contributed by atoms with Crippen molar-refractivity contribution in [3.05, 3.63) is 38.2 Å². The van der Waals surface area contributed by atoms with Crippen LogP contribution < -0.4 is 10.5 Å². The summed E-state index contributed by atoms with van der Waals surface area (Å²) in [6.45, 7) is 0.814. The molecule has 25 heavy (non-hydrogen) atoms. The van der Waals surface area contributed by atoms with E-state index in [-0.39, 0.29) is 9.83 Å². The molecule has 0 saturated carbocycles. The first kappa shape index (κ1) is 17.5. The molecule has 7 nitrogen and oxygen atoms in total. The van der Waals surface area contributed by atoms with Gasteiger partial charge in [-0.15, -0.1) is 0 Å². The summed E-state index contributed by atoms with van der Waals surface area (Å²) in [5, 5.41) is 20.5. The van der Waals surface area contributed by atoms with Crippen LogP contribution in [0.5, 0.6) is 0 Å². The lowest BCUT2D eigenvalue weighted by Gasteiger charge is -2.29. The van der Waals surface area contributed by atoms with Crippen LogP contribution in [0.1, 0.15) is 18.4 Å². The van der Waals surface area contributed by atoms with Crippen LogP contribution in [0.2, 0.25) is 0 Å². The second-order valence-corrected chi connectivity index (χ2v) is 6.62. The van der Waals surface area contributed by atoms with Crippen LogP contribution in [-0.4, -0.2) is 34.2 Å². The zero-order chi connectivity index (χ0) is 18.4. The molecule has 1 aromatic carbocycles. The molecule has 0 amide bonds. The van der Waals surface area contributed by atoms with Crippen molar-refractivity contribution in [3.63, 3.8) is 0 Å². The molecule has 1 fully saturated rings. The maximum Gasteiger partial charge on any atom is 0.416 e. The zero-order valence-electron chi connectivity index (χ0n) is 12.6. The van der Waals surface area contributed by atoms with Gasteiger partial charge in [-0.1, -0.05) is 11.3 Å². The van der Waals surface area contributed by atoms with E-state index in [4.69, 9.17) is 0 Å². The first-order chi connectivity index (χ1) is 11.7. The first-order valence-corrected chi connectivity index (χ1v) is 8.12. The number of rotatable bonds is 2. The third-order valence-corrected chi connectivity index (χ3v) is 5.11. The highest BCUT2D eigenvalue weighted by Gasteiger charge is 2.34. The summed E-state index contributed by atoms with van der Waals surface area (Å²) in [7, 11) is 0. The van der Waals surface area contributed by atoms with Gasteiger partial charge in [-0.05, 0) is 18.9 Å². The minimum Gasteiger partial charge on any atom is -0.393 e. The number of nitrogens with zero attached hydrogens (tertiary/aromatic N) is 3. The highest BCUT2D eigenvalue weighted by Crippen LogP contribution is 2.38. The lowest BCUT2D eigenvalue weighted by Crippen LogP contribution is -2.36. The van der Waals surface area contributed by atoms with Crippen molar-refractivity contribution in [1.82, 2.24) is 4.98 Å². The molecule has 2 heterocycles. The quantitative estimate of drug-likeness (QED) is 0.640. The fraction of sp³-hybridized carbons (Fsp3) is 0.429. The monoisotopic (exact) mass is 375 g/mol. The maximum atomic E-state index is 12.9. The Balaban J connectivity index is 2.18. The molecule has 1 N–H and O–H groups in total. The fourth-order valence-electron chi connectivity index (χ4n) is 2.63. The molecule has 1 aliphatic heterocycles. The largest absolute Gasteiger partial charge is 0.416 e. The van der Waals surface area contributed by atoms with Crippen LogP contribution in [0.3, 0.4) is 0 Å². The standard InChI is InChI=1S/C14H12F3N3O4S/c15-14(16,17)7-5-9-11(10(6-7)20(23)24)25-13(18-12(9)22)19-3-1-8(21)2-4-19/h5-6,8,21H,1-4H2. The highest BCUT2D eigenvalue weighted by molar-refractivity contribution is 7.22. The second kappa shape index (κ2) is 6.23. The number of aliphatic hydroxyl groups excluding tert-OH is 1. The number of hydrogen-bond donors (Lipinski definition) is 1. The number of aromatic nitrogens is 1. The normalized spacial score (nSPS) is 16.4. The molecule has 0 aliphatic carbocycles. The van der Waals surface area contributed by atoms with Crippen molar-refractivity contribution in [2.24, 2.45) is 0 Å². The average molecular weight is 375 g/mol. The molecule has 0 radical (unpaired) electrons. The summed E-state index contributed by atoms with van der Waals surface area (Å²) < 4.78 is 38.6. The number of benzene rings is 1. The lowest BCUT2D eigenvalue weighted by atomic mass is 10.1. The van der Waals surface area contributed by atoms with Crippen LogP contribution >= 0.6 is 11.3 Å². The number of nitro groups is 1. The number of non-ortho nitro benzene ring substituents is 1. The van der Waals surface area contributed by atoms with Gasteiger partial charge in [0.05, 0.1) is 22.0 Å². The molecule has 1 aliphatic rings. The summed E-state index contributed by atoms with van der Waals surface area (Å²) in [4.78, 5) is 28.0. The van der Waals surface area contributed by atoms with Crippen molar-refractivity contribution in [2.75, 3.05) is 18.0 Å². The summed E-state index contributed by atoms with van der Waals surface area (Å²) in [6.07, 6.45) is -4.36. The number of anilines is 1. The molecule has 11 heteroatoms. The van der Waals surface area contributed by atoms with E-state index in [1.807, 2.05) is 0 Å². The molecule has 134 valence electrons. The molecule has 0 bridgehead atoms. The van der Waals surface area contributed by atoms with Gasteiger partial charge in [0, 0.05) is 19.2 Å². The van der Waals surface area contributed by atoms with E-state index in [0.29, 0.717) is 38.1 Å². The average Bonchev–Trinajstić information content (AvgIpc) is 2.53. The van der Waals surface area contributed by atoms with Crippen molar-refractivity contribution < 1.29 is 23.2 Å². The Kier molecular flexibility index (Phi) is 4.37. The van der Waals surface area contributed by atoms with Gasteiger partial charge >= 0.3 is 6.18 Å². The molecule has 1 aromatic heterocycles. The third kappa shape index (κ3) is 3.42. The van der Waals surface area contributed by atoms with E-state index in [0.717, 1.165) is 11.3 Å². The summed E-state index contributed by atoms with van der Waals surface area (Å²) in [5.41, 5.74) is -2.97. The van der Waals surface area contributed by atoms with Crippen LogP contribution in [-0.2, 0) is 6.18 Å². The van der Waals surface area contributed by atoms with E-state index >= 15 is 0 Å². The van der Waals surface area contributed by atoms with Crippen molar-refractivity contribution >= 4 is 32.2 Å². The Bertz CT molecular complexity index is 891. The lowest BCUT2D eigenvalue weighted by molar-refractivity contribution is -0.383. The molecule has 0 atom stereocenters. The predicted octanol–water partition coefficient (Wildman–Crippen LogP) is 2.54. The van der Waals surface area contributed by atoms with E-state index in [2.05, 4.69) is 4.98 Å². The predicted molar refractivity (Wildman–Crippen MR) is 85.0 cm³/mol. The maximum absolute atomic E-state index is 12.9. The minimum absolute atomic E-state index is 0.140. The van der Waals surface area contributed by atoms with Crippen LogP contribution in [0.4, 0.5) is 24.0 Å². The van der Waals surface area contributed by atoms with Crippen LogP contribution in [0.15, 0.2) is 16.9 Å². The number of alkyl halides is 3. The topological polar surface area (TPSA) is 96.6 Å². The van der Waals surface area contributed by atoms with Gasteiger partial charge in [0.25, 0.3) is 11.2 Å². The van der Waals surface area contributed by atoms with Gasteiger partial charge in [0.2, 0.25) is 0 Å². The molecule has 3 rings (SSSR count). The van der Waals surface area contributed by atoms with E-state index in [9.17, 15) is 33.2 Å². The Hall–Kier alpha value is -2.27. The van der Waals surface area contributed by atoms with Gasteiger partial charge in [0.15, 0.2) is 5.13 Å². The molecule has 2 aromatic rings. The van der Waals surface area contributed by atoms with Gasteiger partial charge in [0.1, 0.15) is 4.70 Å². The molecular weight excluding hydrogens is 363 g/mol. The van der Waals surface area contributed by atoms with Crippen LogP contribution in [0.25, 0.3) is 10.1 Å². The fourth-order valence-corrected chi connectivity index (χ4v) is 3.75. The van der Waals surface area contributed by atoms with E-state index < -0.39 is 39.4 Å². The number of aliphatic hydroxyl groups is 1. The summed E-state index contributed by atoms with van der Waals surface area (Å²) >= 11 is 0.807. The Morgan fingerprint density at radius 2 is 1.96 bits per heavy atom. The molecular formula is C14H12F3N3O4S.